The Labute approximate surface area is 166 Å². The predicted molar refractivity (Wildman–Crippen MR) is 96.0 cm³/mol. The van der Waals surface area contributed by atoms with Crippen LogP contribution in [0.4, 0.5) is 13.2 Å². The van der Waals surface area contributed by atoms with Crippen molar-refractivity contribution in [2.24, 2.45) is 13.0 Å². The predicted octanol–water partition coefficient (Wildman–Crippen LogP) is 3.17. The molecule has 0 spiro atoms. The summed E-state index contributed by atoms with van der Waals surface area (Å²) in [6.45, 7) is 3.60. The minimum absolute atomic E-state index is 0.282. The van der Waals surface area contributed by atoms with Gasteiger partial charge in [0.2, 0.25) is 0 Å². The van der Waals surface area contributed by atoms with Gasteiger partial charge in [-0.2, -0.15) is 18.3 Å². The molecule has 0 bridgehead atoms. The van der Waals surface area contributed by atoms with E-state index in [-0.39, 0.29) is 6.04 Å². The highest BCUT2D eigenvalue weighted by atomic mass is 19.4. The van der Waals surface area contributed by atoms with Gasteiger partial charge in [0, 0.05) is 32.3 Å². The molecule has 1 unspecified atom stereocenters. The molecule has 160 valence electrons. The molecule has 0 radical (unpaired) electrons. The van der Waals surface area contributed by atoms with Gasteiger partial charge >= 0.3 is 12.1 Å². The molecule has 0 amide bonds. The molecule has 1 N–H and O–H groups in total. The number of aromatic nitrogens is 2. The van der Waals surface area contributed by atoms with Crippen molar-refractivity contribution in [2.75, 3.05) is 19.8 Å². The third kappa shape index (κ3) is 5.83. The van der Waals surface area contributed by atoms with Gasteiger partial charge in [0.1, 0.15) is 0 Å². The standard InChI is InChI=1S/C17H23N3O2.C2HF3O2/c1-19-17-15(8-18-19)4-6-20(9-14-5-7-21-11-14)16(17)12-22-10-13-2-3-13;3-2(4,5)1(6)7/h5,7-8,11,13,16H,2-4,6,9-10,12H2,1H3;(H,6,7). The van der Waals surface area contributed by atoms with Crippen LogP contribution >= 0.6 is 0 Å². The lowest BCUT2D eigenvalue weighted by molar-refractivity contribution is -0.192. The van der Waals surface area contributed by atoms with Crippen molar-refractivity contribution in [2.45, 2.75) is 38.0 Å². The van der Waals surface area contributed by atoms with Crippen molar-refractivity contribution < 1.29 is 32.2 Å². The van der Waals surface area contributed by atoms with Crippen LogP contribution in [0, 0.1) is 5.92 Å². The van der Waals surface area contributed by atoms with Crippen LogP contribution in [0.3, 0.4) is 0 Å². The van der Waals surface area contributed by atoms with Gasteiger partial charge in [-0.05, 0) is 36.8 Å². The van der Waals surface area contributed by atoms with E-state index in [4.69, 9.17) is 19.1 Å². The number of halogens is 3. The average molecular weight is 415 g/mol. The summed E-state index contributed by atoms with van der Waals surface area (Å²) in [6, 6.07) is 2.32. The van der Waals surface area contributed by atoms with E-state index in [9.17, 15) is 13.2 Å². The molecule has 0 saturated heterocycles. The number of nitrogens with zero attached hydrogens (tertiary/aromatic N) is 3. The Morgan fingerprint density at radius 3 is 2.69 bits per heavy atom. The van der Waals surface area contributed by atoms with Crippen molar-refractivity contribution in [3.63, 3.8) is 0 Å². The maximum absolute atomic E-state index is 10.6. The number of aryl methyl sites for hydroxylation is 1. The van der Waals surface area contributed by atoms with Crippen LogP contribution in [0.25, 0.3) is 0 Å². The van der Waals surface area contributed by atoms with E-state index < -0.39 is 12.1 Å². The zero-order valence-corrected chi connectivity index (χ0v) is 16.1. The molecule has 1 saturated carbocycles. The summed E-state index contributed by atoms with van der Waals surface area (Å²) >= 11 is 0. The van der Waals surface area contributed by atoms with Crippen molar-refractivity contribution in [1.82, 2.24) is 14.7 Å². The van der Waals surface area contributed by atoms with Gasteiger partial charge in [-0.3, -0.25) is 9.58 Å². The summed E-state index contributed by atoms with van der Waals surface area (Å²) in [4.78, 5) is 11.4. The quantitative estimate of drug-likeness (QED) is 0.781. The Kier molecular flexibility index (Phi) is 6.63. The summed E-state index contributed by atoms with van der Waals surface area (Å²) < 4.78 is 45.0. The molecule has 1 aliphatic carbocycles. The van der Waals surface area contributed by atoms with Gasteiger partial charge in [-0.15, -0.1) is 0 Å². The van der Waals surface area contributed by atoms with Gasteiger partial charge < -0.3 is 14.3 Å². The van der Waals surface area contributed by atoms with E-state index in [1.165, 1.54) is 29.7 Å². The van der Waals surface area contributed by atoms with Gasteiger partial charge in [0.25, 0.3) is 0 Å². The Morgan fingerprint density at radius 2 is 2.10 bits per heavy atom. The number of aliphatic carboxylic acids is 1. The number of hydrogen-bond donors (Lipinski definition) is 1. The fourth-order valence-electron chi connectivity index (χ4n) is 3.33. The minimum Gasteiger partial charge on any atom is -0.475 e. The Morgan fingerprint density at radius 1 is 1.38 bits per heavy atom. The summed E-state index contributed by atoms with van der Waals surface area (Å²) in [5.41, 5.74) is 3.90. The number of hydrogen-bond acceptors (Lipinski definition) is 5. The summed E-state index contributed by atoms with van der Waals surface area (Å²) in [5.74, 6) is -1.95. The fraction of sp³-hybridized carbons (Fsp3) is 0.579. The van der Waals surface area contributed by atoms with E-state index in [0.29, 0.717) is 0 Å². The highest BCUT2D eigenvalue weighted by Crippen LogP contribution is 2.33. The van der Waals surface area contributed by atoms with Crippen LogP contribution < -0.4 is 0 Å². The van der Waals surface area contributed by atoms with E-state index >= 15 is 0 Å². The first-order chi connectivity index (χ1) is 13.8. The highest BCUT2D eigenvalue weighted by Gasteiger charge is 2.38. The number of carboxylic acid groups (broad SMARTS) is 1. The monoisotopic (exact) mass is 415 g/mol. The SMILES string of the molecule is Cn1ncc2c1C(COCC1CC1)N(Cc1ccoc1)CC2.O=C(O)C(F)(F)F. The molecule has 4 rings (SSSR count). The second-order valence-electron chi connectivity index (χ2n) is 7.33. The maximum atomic E-state index is 10.6. The molecule has 1 aliphatic heterocycles. The number of ether oxygens (including phenoxy) is 1. The Balaban J connectivity index is 0.000000298. The van der Waals surface area contributed by atoms with Gasteiger partial charge in [0.05, 0.1) is 37.1 Å². The van der Waals surface area contributed by atoms with Gasteiger partial charge in [0.15, 0.2) is 0 Å². The van der Waals surface area contributed by atoms with Crippen molar-refractivity contribution >= 4 is 5.97 Å². The van der Waals surface area contributed by atoms with Crippen LogP contribution in [-0.4, -0.2) is 51.7 Å². The molecular formula is C19H24F3N3O4. The maximum Gasteiger partial charge on any atom is 0.490 e. The first kappa shape index (κ1) is 21.4. The number of fused-ring (bicyclic) bond motifs is 1. The Hall–Kier alpha value is -2.33. The molecule has 29 heavy (non-hydrogen) atoms. The lowest BCUT2D eigenvalue weighted by atomic mass is 9.99. The number of rotatable bonds is 6. The average Bonchev–Trinajstić information content (AvgIpc) is 3.18. The van der Waals surface area contributed by atoms with Crippen LogP contribution in [-0.2, 0) is 29.5 Å². The van der Waals surface area contributed by atoms with Crippen LogP contribution in [0.15, 0.2) is 29.2 Å². The first-order valence-electron chi connectivity index (χ1n) is 9.39. The molecule has 10 heteroatoms. The van der Waals surface area contributed by atoms with Crippen LogP contribution in [0.1, 0.15) is 35.7 Å². The normalized spacial score (nSPS) is 19.4. The van der Waals surface area contributed by atoms with E-state index in [0.717, 1.165) is 38.6 Å². The minimum atomic E-state index is -5.08. The van der Waals surface area contributed by atoms with Gasteiger partial charge in [-0.25, -0.2) is 4.79 Å². The smallest absolute Gasteiger partial charge is 0.475 e. The molecule has 0 aromatic carbocycles. The molecule has 1 fully saturated rings. The Bertz CT molecular complexity index is 800. The first-order valence-corrected chi connectivity index (χ1v) is 9.39. The molecular weight excluding hydrogens is 391 g/mol. The number of furan rings is 1. The zero-order chi connectivity index (χ0) is 21.0. The number of alkyl halides is 3. The zero-order valence-electron chi connectivity index (χ0n) is 16.1. The van der Waals surface area contributed by atoms with Crippen LogP contribution in [0.5, 0.6) is 0 Å². The van der Waals surface area contributed by atoms with E-state index in [2.05, 4.69) is 10.00 Å². The van der Waals surface area contributed by atoms with Crippen molar-refractivity contribution in [1.29, 1.82) is 0 Å². The summed E-state index contributed by atoms with van der Waals surface area (Å²) in [5, 5.41) is 11.6. The second kappa shape index (κ2) is 9.00. The topological polar surface area (TPSA) is 80.7 Å². The molecule has 7 nitrogen and oxygen atoms in total. The third-order valence-electron chi connectivity index (χ3n) is 5.02. The largest absolute Gasteiger partial charge is 0.490 e. The summed E-state index contributed by atoms with van der Waals surface area (Å²) in [7, 11) is 2.04. The van der Waals surface area contributed by atoms with Crippen molar-refractivity contribution in [3.8, 4) is 0 Å². The van der Waals surface area contributed by atoms with Gasteiger partial charge in [-0.1, -0.05) is 0 Å². The highest BCUT2D eigenvalue weighted by molar-refractivity contribution is 5.73. The number of carbonyl (C=O) groups is 1. The third-order valence-corrected chi connectivity index (χ3v) is 5.02. The molecule has 1 atom stereocenters. The molecule has 2 aliphatic rings. The lowest BCUT2D eigenvalue weighted by Crippen LogP contribution is -2.38. The second-order valence-corrected chi connectivity index (χ2v) is 7.33. The number of carboxylic acids is 1. The lowest BCUT2D eigenvalue weighted by Gasteiger charge is -2.35. The molecule has 2 aromatic heterocycles. The molecule has 3 heterocycles. The van der Waals surface area contributed by atoms with E-state index in [1.807, 2.05) is 30.3 Å². The van der Waals surface area contributed by atoms with Crippen LogP contribution in [0.2, 0.25) is 0 Å². The molecule has 2 aromatic rings. The van der Waals surface area contributed by atoms with E-state index in [1.54, 1.807) is 6.26 Å². The fourth-order valence-corrected chi connectivity index (χ4v) is 3.33. The summed E-state index contributed by atoms with van der Waals surface area (Å²) in [6.07, 6.45) is 4.23. The van der Waals surface area contributed by atoms with Crippen molar-refractivity contribution in [3.05, 3.63) is 41.6 Å².